The van der Waals surface area contributed by atoms with Crippen LogP contribution in [0.4, 0.5) is 11.4 Å². The fourth-order valence-corrected chi connectivity index (χ4v) is 6.79. The van der Waals surface area contributed by atoms with Gasteiger partial charge in [-0.15, -0.1) is 0 Å². The van der Waals surface area contributed by atoms with E-state index in [1.54, 1.807) is 0 Å². The van der Waals surface area contributed by atoms with E-state index in [-0.39, 0.29) is 22.9 Å². The highest BCUT2D eigenvalue weighted by atomic mass is 16.5. The van der Waals surface area contributed by atoms with Crippen molar-refractivity contribution in [2.45, 2.75) is 200 Å². The van der Waals surface area contributed by atoms with Crippen LogP contribution in [0, 0.1) is 0 Å². The first-order valence-electron chi connectivity index (χ1n) is 21.0. The van der Waals surface area contributed by atoms with E-state index in [9.17, 15) is 14.4 Å². The molecule has 0 saturated carbocycles. The number of nitrogens with one attached hydrogen (secondary N) is 1. The van der Waals surface area contributed by atoms with Gasteiger partial charge in [-0.25, -0.2) is 0 Å². The molecule has 286 valence electrons. The van der Waals surface area contributed by atoms with Crippen molar-refractivity contribution in [3.63, 3.8) is 0 Å². The van der Waals surface area contributed by atoms with Gasteiger partial charge in [0.15, 0.2) is 0 Å². The molecule has 1 aromatic carbocycles. The molecule has 0 amide bonds. The molecule has 1 N–H and O–H groups in total. The van der Waals surface area contributed by atoms with Gasteiger partial charge in [0.2, 0.25) is 0 Å². The number of ether oxygens (including phenoxy) is 1. The highest BCUT2D eigenvalue weighted by molar-refractivity contribution is 5.75. The molecule has 0 radical (unpaired) electrons. The molecule has 0 fully saturated rings. The predicted molar refractivity (Wildman–Crippen MR) is 212 cm³/mol. The first kappa shape index (κ1) is 45.1. The van der Waals surface area contributed by atoms with E-state index in [1.807, 2.05) is 14.1 Å². The molecule has 0 aliphatic rings. The molecule has 0 aliphatic heterocycles. The van der Waals surface area contributed by atoms with Gasteiger partial charge >= 0.3 is 5.97 Å². The van der Waals surface area contributed by atoms with Crippen LogP contribution in [0.3, 0.4) is 0 Å². The Morgan fingerprint density at radius 3 is 1.51 bits per heavy atom. The summed E-state index contributed by atoms with van der Waals surface area (Å²) < 4.78 is 6.04. The second-order valence-corrected chi connectivity index (χ2v) is 15.0. The van der Waals surface area contributed by atoms with Gasteiger partial charge in [0.25, 0.3) is 10.9 Å². The van der Waals surface area contributed by atoms with Gasteiger partial charge in [-0.1, -0.05) is 136 Å². The maximum atomic E-state index is 12.8. The maximum absolute atomic E-state index is 12.8. The molecule has 7 nitrogen and oxygen atoms in total. The average Bonchev–Trinajstić information content (AvgIpc) is 3.08. The molecule has 0 heterocycles. The number of esters is 1. The lowest BCUT2D eigenvalue weighted by Crippen LogP contribution is -2.43. The molecular formula is C42H79N3O4. The van der Waals surface area contributed by atoms with Gasteiger partial charge < -0.3 is 19.9 Å². The number of hydrogen-bond donors (Lipinski definition) is 1. The van der Waals surface area contributed by atoms with Crippen LogP contribution in [0.15, 0.2) is 9.59 Å². The third kappa shape index (κ3) is 22.5. The van der Waals surface area contributed by atoms with Gasteiger partial charge in [-0.05, 0) is 72.0 Å². The van der Waals surface area contributed by atoms with E-state index in [0.29, 0.717) is 24.3 Å². The Kier molecular flexibility index (Phi) is 28.5. The molecule has 0 atom stereocenters. The normalized spacial score (nSPS) is 11.7. The third-order valence-corrected chi connectivity index (χ3v) is 9.93. The van der Waals surface area contributed by atoms with E-state index in [2.05, 4.69) is 35.9 Å². The Bertz CT molecular complexity index is 971. The molecule has 0 aromatic heterocycles. The zero-order valence-corrected chi connectivity index (χ0v) is 33.0. The van der Waals surface area contributed by atoms with Crippen LogP contribution in [0.25, 0.3) is 0 Å². The number of anilines is 2. The summed E-state index contributed by atoms with van der Waals surface area (Å²) in [5.41, 5.74) is 0.453. The molecule has 0 saturated heterocycles. The molecule has 0 aliphatic carbocycles. The molecule has 0 bridgehead atoms. The summed E-state index contributed by atoms with van der Waals surface area (Å²) in [5, 5.41) is 3.29. The largest absolute Gasteiger partial charge is 0.462 e. The molecule has 1 aromatic rings. The van der Waals surface area contributed by atoms with Gasteiger partial charge in [0, 0.05) is 26.1 Å². The van der Waals surface area contributed by atoms with E-state index in [4.69, 9.17) is 4.74 Å². The van der Waals surface area contributed by atoms with Crippen molar-refractivity contribution in [2.24, 2.45) is 0 Å². The lowest BCUT2D eigenvalue weighted by molar-refractivity contribution is -0.150. The summed E-state index contributed by atoms with van der Waals surface area (Å²) in [6.07, 6.45) is 31.0. The highest BCUT2D eigenvalue weighted by Gasteiger charge is 2.25. The minimum absolute atomic E-state index is 0.0159. The van der Waals surface area contributed by atoms with E-state index < -0.39 is 0 Å². The van der Waals surface area contributed by atoms with Gasteiger partial charge in [0.1, 0.15) is 17.5 Å². The minimum Gasteiger partial charge on any atom is -0.462 e. The van der Waals surface area contributed by atoms with Crippen LogP contribution >= 0.6 is 0 Å². The number of nitrogens with zero attached hydrogens (tertiary/aromatic N) is 2. The third-order valence-electron chi connectivity index (χ3n) is 9.93. The standard InChI is InChI=1S/C42H79N3O4/c1-6-9-12-15-19-24-30-37(31-25-20-16-13-10-7-2)49-38(46)32-26-21-18-23-28-36-45(35-27-22-17-14-11-8-3)40-39(41(47)42(40)48)43-33-29-34-44(4)5/h37,43H,6-36H2,1-5H3. The second kappa shape index (κ2) is 30.9. The van der Waals surface area contributed by atoms with Crippen LogP contribution in [-0.4, -0.2) is 57.2 Å². The van der Waals surface area contributed by atoms with Crippen LogP contribution in [-0.2, 0) is 9.53 Å². The van der Waals surface area contributed by atoms with Crippen molar-refractivity contribution in [1.82, 2.24) is 4.90 Å². The van der Waals surface area contributed by atoms with Crippen LogP contribution < -0.4 is 21.1 Å². The maximum Gasteiger partial charge on any atom is 0.306 e. The molecular weight excluding hydrogens is 610 g/mol. The van der Waals surface area contributed by atoms with Gasteiger partial charge in [0.05, 0.1) is 0 Å². The topological polar surface area (TPSA) is 79.0 Å². The Labute approximate surface area is 302 Å². The Balaban J connectivity index is 2.49. The minimum atomic E-state index is -0.360. The summed E-state index contributed by atoms with van der Waals surface area (Å²) in [7, 11) is 4.09. The van der Waals surface area contributed by atoms with Crippen LogP contribution in [0.5, 0.6) is 0 Å². The Hall–Kier alpha value is -1.89. The van der Waals surface area contributed by atoms with E-state index in [0.717, 1.165) is 96.7 Å². The molecule has 0 spiro atoms. The lowest BCUT2D eigenvalue weighted by atomic mass is 10.0. The average molecular weight is 690 g/mol. The van der Waals surface area contributed by atoms with Crippen molar-refractivity contribution in [3.8, 4) is 0 Å². The first-order valence-corrected chi connectivity index (χ1v) is 21.0. The van der Waals surface area contributed by atoms with Crippen molar-refractivity contribution in [1.29, 1.82) is 0 Å². The molecule has 49 heavy (non-hydrogen) atoms. The first-order chi connectivity index (χ1) is 23.8. The zero-order chi connectivity index (χ0) is 36.0. The van der Waals surface area contributed by atoms with E-state index >= 15 is 0 Å². The van der Waals surface area contributed by atoms with Crippen molar-refractivity contribution in [2.75, 3.05) is 50.5 Å². The van der Waals surface area contributed by atoms with Crippen LogP contribution in [0.2, 0.25) is 0 Å². The monoisotopic (exact) mass is 690 g/mol. The summed E-state index contributed by atoms with van der Waals surface area (Å²) in [6.45, 7) is 10.0. The number of rotatable bonds is 36. The Morgan fingerprint density at radius 1 is 0.571 bits per heavy atom. The number of carbonyl (C=O) groups is 1. The van der Waals surface area contributed by atoms with Gasteiger partial charge in [-0.3, -0.25) is 14.4 Å². The fraction of sp³-hybridized carbons (Fsp3) is 0.881. The van der Waals surface area contributed by atoms with Crippen molar-refractivity contribution in [3.05, 3.63) is 20.4 Å². The lowest BCUT2D eigenvalue weighted by Gasteiger charge is -2.28. The predicted octanol–water partition coefficient (Wildman–Crippen LogP) is 10.6. The van der Waals surface area contributed by atoms with Crippen LogP contribution in [0.1, 0.15) is 194 Å². The highest BCUT2D eigenvalue weighted by Crippen LogP contribution is 2.23. The fourth-order valence-electron chi connectivity index (χ4n) is 6.79. The summed E-state index contributed by atoms with van der Waals surface area (Å²) in [5.74, 6) is -0.0159. The summed E-state index contributed by atoms with van der Waals surface area (Å²) in [4.78, 5) is 42.3. The van der Waals surface area contributed by atoms with Gasteiger partial charge in [-0.2, -0.15) is 0 Å². The number of carbonyl (C=O) groups excluding carboxylic acids is 1. The second-order valence-electron chi connectivity index (χ2n) is 15.0. The molecule has 1 rings (SSSR count). The summed E-state index contributed by atoms with van der Waals surface area (Å²) in [6, 6.07) is 0. The smallest absolute Gasteiger partial charge is 0.306 e. The van der Waals surface area contributed by atoms with Crippen molar-refractivity contribution < 1.29 is 9.53 Å². The number of hydrogen-bond acceptors (Lipinski definition) is 7. The molecule has 7 heteroatoms. The molecule has 0 unspecified atom stereocenters. The summed E-state index contributed by atoms with van der Waals surface area (Å²) >= 11 is 0. The quantitative estimate of drug-likeness (QED) is 0.0427. The SMILES string of the molecule is CCCCCCCCC(CCCCCCCC)OC(=O)CCCCCCCN(CCCCCCCC)c1c(NCCCN(C)C)c(=O)c1=O. The van der Waals surface area contributed by atoms with Crippen molar-refractivity contribution >= 4 is 17.3 Å². The van der Waals surface area contributed by atoms with E-state index in [1.165, 1.54) is 89.9 Å². The number of unbranched alkanes of at least 4 members (excludes halogenated alkanes) is 19. The zero-order valence-electron chi connectivity index (χ0n) is 33.0. The Morgan fingerprint density at radius 2 is 1.02 bits per heavy atom.